The van der Waals surface area contributed by atoms with Gasteiger partial charge in [0.15, 0.2) is 5.69 Å². The van der Waals surface area contributed by atoms with Crippen LogP contribution in [0.25, 0.3) is 4.85 Å². The molecule has 2 aromatic carbocycles. The second-order valence-electron chi connectivity index (χ2n) is 8.49. The van der Waals surface area contributed by atoms with Crippen molar-refractivity contribution in [2.45, 2.75) is 51.7 Å². The molecular weight excluding hydrogens is 383 g/mol. The van der Waals surface area contributed by atoms with E-state index >= 15 is 0 Å². The number of hydrogen-bond acceptors (Lipinski definition) is 3. The van der Waals surface area contributed by atoms with Gasteiger partial charge in [0.1, 0.15) is 23.8 Å². The van der Waals surface area contributed by atoms with Gasteiger partial charge in [0, 0.05) is 18.7 Å². The highest BCUT2D eigenvalue weighted by Gasteiger charge is 2.27. The fraction of sp³-hybridized carbons (Fsp3) is 0.417. The second kappa shape index (κ2) is 9.17. The predicted octanol–water partition coefficient (Wildman–Crippen LogP) is 6.07. The van der Waals surface area contributed by atoms with Crippen LogP contribution in [0.3, 0.4) is 0 Å². The molecule has 0 spiro atoms. The molecule has 1 aliphatic rings. The summed E-state index contributed by atoms with van der Waals surface area (Å²) in [6.07, 6.45) is 1.45. The van der Waals surface area contributed by atoms with Gasteiger partial charge in [-0.3, -0.25) is 0 Å². The monoisotopic (exact) mass is 410 g/mol. The van der Waals surface area contributed by atoms with E-state index in [9.17, 15) is 9.18 Å². The maximum Gasteiger partial charge on any atom is 0.410 e. The van der Waals surface area contributed by atoms with E-state index in [0.717, 1.165) is 18.4 Å². The smallest absolute Gasteiger partial charge is 0.410 e. The minimum atomic E-state index is -0.491. The highest BCUT2D eigenvalue weighted by molar-refractivity contribution is 5.68. The lowest BCUT2D eigenvalue weighted by Gasteiger charge is -2.33. The van der Waals surface area contributed by atoms with Gasteiger partial charge >= 0.3 is 6.09 Å². The molecule has 5 nitrogen and oxygen atoms in total. The molecule has 0 bridgehead atoms. The third-order valence-electron chi connectivity index (χ3n) is 5.04. The van der Waals surface area contributed by atoms with Gasteiger partial charge < -0.3 is 14.4 Å². The van der Waals surface area contributed by atoms with Crippen molar-refractivity contribution in [2.24, 2.45) is 0 Å². The number of benzene rings is 2. The lowest BCUT2D eigenvalue weighted by atomic mass is 9.89. The zero-order valence-corrected chi connectivity index (χ0v) is 17.7. The minimum Gasteiger partial charge on any atom is -0.489 e. The normalized spacial score (nSPS) is 14.8. The van der Waals surface area contributed by atoms with Crippen molar-refractivity contribution < 1.29 is 18.7 Å². The molecule has 1 amide bonds. The number of ether oxygens (including phenoxy) is 2. The average molecular weight is 410 g/mol. The number of hydrogen-bond donors (Lipinski definition) is 0. The summed E-state index contributed by atoms with van der Waals surface area (Å²) in [6.45, 7) is 14.0. The summed E-state index contributed by atoms with van der Waals surface area (Å²) >= 11 is 0. The van der Waals surface area contributed by atoms with E-state index in [4.69, 9.17) is 16.0 Å². The molecule has 1 heterocycles. The van der Waals surface area contributed by atoms with Crippen molar-refractivity contribution >= 4 is 11.8 Å². The Morgan fingerprint density at radius 1 is 1.20 bits per heavy atom. The summed E-state index contributed by atoms with van der Waals surface area (Å²) in [5.74, 6) is 0.576. The molecule has 158 valence electrons. The van der Waals surface area contributed by atoms with E-state index < -0.39 is 11.4 Å². The van der Waals surface area contributed by atoms with Crippen LogP contribution in [-0.4, -0.2) is 29.7 Å². The van der Waals surface area contributed by atoms with Crippen LogP contribution in [0.4, 0.5) is 14.9 Å². The molecule has 6 heteroatoms. The van der Waals surface area contributed by atoms with E-state index in [2.05, 4.69) is 10.9 Å². The van der Waals surface area contributed by atoms with Crippen LogP contribution < -0.4 is 4.74 Å². The number of likely N-dealkylation sites (tertiary alicyclic amines) is 1. The number of nitrogens with zero attached hydrogens (tertiary/aromatic N) is 2. The Bertz CT molecular complexity index is 938. The van der Waals surface area contributed by atoms with Crippen molar-refractivity contribution in [3.63, 3.8) is 0 Å². The van der Waals surface area contributed by atoms with E-state index in [0.29, 0.717) is 30.3 Å². The molecule has 30 heavy (non-hydrogen) atoms. The Balaban J connectivity index is 1.57. The number of piperidine rings is 1. The third-order valence-corrected chi connectivity index (χ3v) is 5.04. The van der Waals surface area contributed by atoms with Crippen molar-refractivity contribution in [3.8, 4) is 5.75 Å². The van der Waals surface area contributed by atoms with E-state index in [1.54, 1.807) is 17.0 Å². The molecule has 0 atom stereocenters. The van der Waals surface area contributed by atoms with E-state index in [-0.39, 0.29) is 18.4 Å². The van der Waals surface area contributed by atoms with Crippen LogP contribution in [0.15, 0.2) is 42.5 Å². The zero-order valence-electron chi connectivity index (χ0n) is 17.7. The summed E-state index contributed by atoms with van der Waals surface area (Å²) < 4.78 is 25.3. The second-order valence-corrected chi connectivity index (χ2v) is 8.49. The number of amides is 1. The fourth-order valence-corrected chi connectivity index (χ4v) is 3.46. The van der Waals surface area contributed by atoms with Crippen LogP contribution >= 0.6 is 0 Å². The first kappa shape index (κ1) is 21.6. The number of carbonyl (C=O) groups excluding carboxylic acids is 1. The molecule has 1 aliphatic heterocycles. The van der Waals surface area contributed by atoms with Gasteiger partial charge in [-0.2, -0.15) is 0 Å². The molecule has 1 saturated heterocycles. The molecule has 2 aromatic rings. The molecule has 0 aromatic heterocycles. The number of rotatable bonds is 4. The maximum atomic E-state index is 14.0. The summed E-state index contributed by atoms with van der Waals surface area (Å²) in [6, 6.07) is 12.2. The van der Waals surface area contributed by atoms with Gasteiger partial charge in [0.05, 0.1) is 6.57 Å². The third kappa shape index (κ3) is 5.73. The first-order valence-corrected chi connectivity index (χ1v) is 10.1. The SMILES string of the molecule is [C-]#[N+]c1ccc(COc2cccc(C3CCN(C(=O)OC(C)(C)C)CC3)c2)c(F)c1. The lowest BCUT2D eigenvalue weighted by molar-refractivity contribution is 0.0204. The fourth-order valence-electron chi connectivity index (χ4n) is 3.46. The summed E-state index contributed by atoms with van der Waals surface area (Å²) in [5.41, 5.74) is 1.35. The van der Waals surface area contributed by atoms with Gasteiger partial charge in [-0.1, -0.05) is 24.3 Å². The Morgan fingerprint density at radius 3 is 2.57 bits per heavy atom. The Morgan fingerprint density at radius 2 is 1.93 bits per heavy atom. The Kier molecular flexibility index (Phi) is 6.61. The molecule has 3 rings (SSSR count). The predicted molar refractivity (Wildman–Crippen MR) is 113 cm³/mol. The topological polar surface area (TPSA) is 43.1 Å². The summed E-state index contributed by atoms with van der Waals surface area (Å²) in [4.78, 5) is 17.2. The summed E-state index contributed by atoms with van der Waals surface area (Å²) in [5, 5.41) is 0. The molecular formula is C24H27FN2O3. The van der Waals surface area contributed by atoms with Gasteiger partial charge in [0.2, 0.25) is 0 Å². The summed E-state index contributed by atoms with van der Waals surface area (Å²) in [7, 11) is 0. The molecule has 0 aliphatic carbocycles. The lowest BCUT2D eigenvalue weighted by Crippen LogP contribution is -2.41. The van der Waals surface area contributed by atoms with Gasteiger partial charge in [-0.15, -0.1) is 0 Å². The van der Waals surface area contributed by atoms with E-state index in [1.165, 1.54) is 6.07 Å². The highest BCUT2D eigenvalue weighted by Crippen LogP contribution is 2.31. The molecule has 0 unspecified atom stereocenters. The first-order valence-electron chi connectivity index (χ1n) is 10.1. The van der Waals surface area contributed by atoms with Crippen molar-refractivity contribution in [1.29, 1.82) is 0 Å². The van der Waals surface area contributed by atoms with Crippen molar-refractivity contribution in [3.05, 3.63) is 70.8 Å². The minimum absolute atomic E-state index is 0.102. The average Bonchev–Trinajstić information content (AvgIpc) is 2.72. The van der Waals surface area contributed by atoms with Crippen LogP contribution in [0.2, 0.25) is 0 Å². The maximum absolute atomic E-state index is 14.0. The highest BCUT2D eigenvalue weighted by atomic mass is 19.1. The van der Waals surface area contributed by atoms with Crippen LogP contribution in [0, 0.1) is 12.4 Å². The quantitative estimate of drug-likeness (QED) is 0.575. The van der Waals surface area contributed by atoms with Gasteiger partial charge in [-0.25, -0.2) is 14.0 Å². The van der Waals surface area contributed by atoms with Crippen LogP contribution in [0.1, 0.15) is 50.7 Å². The van der Waals surface area contributed by atoms with Crippen molar-refractivity contribution in [2.75, 3.05) is 13.1 Å². The Hall–Kier alpha value is -3.07. The van der Waals surface area contributed by atoms with Gasteiger partial charge in [0.25, 0.3) is 0 Å². The first-order chi connectivity index (χ1) is 14.2. The molecule has 0 N–H and O–H groups in total. The van der Waals surface area contributed by atoms with Gasteiger partial charge in [-0.05, 0) is 63.3 Å². The number of halogens is 1. The molecule has 0 saturated carbocycles. The van der Waals surface area contributed by atoms with E-state index in [1.807, 2.05) is 39.0 Å². The standard InChI is InChI=1S/C24H27FN2O3/c1-24(2,3)30-23(28)27-12-10-17(11-13-27)18-6-5-7-21(14-18)29-16-19-8-9-20(26-4)15-22(19)25/h5-9,14-15,17H,10-13,16H2,1-3H3. The molecule has 1 fully saturated rings. The molecule has 0 radical (unpaired) electrons. The number of carbonyl (C=O) groups is 1. The van der Waals surface area contributed by atoms with Crippen LogP contribution in [-0.2, 0) is 11.3 Å². The Labute approximate surface area is 177 Å². The van der Waals surface area contributed by atoms with Crippen LogP contribution in [0.5, 0.6) is 5.75 Å². The van der Waals surface area contributed by atoms with Crippen molar-refractivity contribution in [1.82, 2.24) is 4.90 Å². The largest absolute Gasteiger partial charge is 0.489 e. The zero-order chi connectivity index (χ0) is 21.7.